The third-order valence-corrected chi connectivity index (χ3v) is 2.82. The van der Waals surface area contributed by atoms with E-state index in [1.165, 1.54) is 58.2 Å². The second kappa shape index (κ2) is 6.73. The Balaban J connectivity index is 1.91. The topological polar surface area (TPSA) is 3.24 Å². The standard InChI is InChI=1S/C10H20ClN/c11-7-3-1-4-8-12-9-5-2-6-10-12/h1-10H2. The number of nitrogens with zero attached hydrogens (tertiary/aromatic N) is 1. The monoisotopic (exact) mass is 189 g/mol. The molecule has 0 N–H and O–H groups in total. The fraction of sp³-hybridized carbons (Fsp3) is 1.00. The minimum atomic E-state index is 0.833. The summed E-state index contributed by atoms with van der Waals surface area (Å²) in [5, 5.41) is 0. The van der Waals surface area contributed by atoms with Gasteiger partial charge >= 0.3 is 0 Å². The van der Waals surface area contributed by atoms with Crippen LogP contribution in [0, 0.1) is 0 Å². The van der Waals surface area contributed by atoms with Crippen LogP contribution in [0.4, 0.5) is 0 Å². The molecule has 0 aromatic heterocycles. The van der Waals surface area contributed by atoms with Gasteiger partial charge in [-0.25, -0.2) is 0 Å². The van der Waals surface area contributed by atoms with Crippen molar-refractivity contribution in [2.24, 2.45) is 0 Å². The molecule has 0 saturated carbocycles. The Morgan fingerprint density at radius 1 is 0.917 bits per heavy atom. The Bertz CT molecular complexity index is 100. The van der Waals surface area contributed by atoms with Crippen LogP contribution in [-0.4, -0.2) is 30.4 Å². The number of hydrogen-bond donors (Lipinski definition) is 0. The fourth-order valence-electron chi connectivity index (χ4n) is 1.79. The van der Waals surface area contributed by atoms with Crippen molar-refractivity contribution in [3.05, 3.63) is 0 Å². The second-order valence-corrected chi connectivity index (χ2v) is 4.03. The summed E-state index contributed by atoms with van der Waals surface area (Å²) in [6.45, 7) is 3.97. The first-order chi connectivity index (χ1) is 5.93. The number of hydrogen-bond acceptors (Lipinski definition) is 1. The first-order valence-electron chi connectivity index (χ1n) is 5.22. The molecular weight excluding hydrogens is 170 g/mol. The van der Waals surface area contributed by atoms with E-state index < -0.39 is 0 Å². The lowest BCUT2D eigenvalue weighted by molar-refractivity contribution is 0.224. The van der Waals surface area contributed by atoms with Crippen LogP contribution in [0.1, 0.15) is 38.5 Å². The van der Waals surface area contributed by atoms with Crippen molar-refractivity contribution in [3.63, 3.8) is 0 Å². The van der Waals surface area contributed by atoms with E-state index in [4.69, 9.17) is 11.6 Å². The van der Waals surface area contributed by atoms with Crippen LogP contribution in [0.2, 0.25) is 0 Å². The maximum absolute atomic E-state index is 5.61. The Morgan fingerprint density at radius 2 is 1.67 bits per heavy atom. The van der Waals surface area contributed by atoms with Crippen molar-refractivity contribution in [1.29, 1.82) is 0 Å². The molecule has 1 rings (SSSR count). The molecule has 1 aliphatic heterocycles. The predicted octanol–water partition coefficient (Wildman–Crippen LogP) is 2.88. The third-order valence-electron chi connectivity index (χ3n) is 2.56. The van der Waals surface area contributed by atoms with Gasteiger partial charge in [0.25, 0.3) is 0 Å². The van der Waals surface area contributed by atoms with Gasteiger partial charge in [0.2, 0.25) is 0 Å². The van der Waals surface area contributed by atoms with E-state index in [0.29, 0.717) is 0 Å². The lowest BCUT2D eigenvalue weighted by atomic mass is 10.1. The molecule has 1 aliphatic rings. The van der Waals surface area contributed by atoms with Crippen LogP contribution in [-0.2, 0) is 0 Å². The van der Waals surface area contributed by atoms with Crippen molar-refractivity contribution in [2.45, 2.75) is 38.5 Å². The van der Waals surface area contributed by atoms with Gasteiger partial charge in [0.15, 0.2) is 0 Å². The molecule has 0 aliphatic carbocycles. The Morgan fingerprint density at radius 3 is 2.33 bits per heavy atom. The summed E-state index contributed by atoms with van der Waals surface area (Å²) in [4.78, 5) is 2.59. The van der Waals surface area contributed by atoms with Gasteiger partial charge in [0, 0.05) is 5.88 Å². The lowest BCUT2D eigenvalue weighted by Gasteiger charge is -2.26. The highest BCUT2D eigenvalue weighted by Crippen LogP contribution is 2.09. The van der Waals surface area contributed by atoms with Crippen LogP contribution in [0.15, 0.2) is 0 Å². The molecule has 0 unspecified atom stereocenters. The van der Waals surface area contributed by atoms with Crippen molar-refractivity contribution in [3.8, 4) is 0 Å². The molecule has 0 aromatic carbocycles. The molecular formula is C10H20ClN. The van der Waals surface area contributed by atoms with E-state index in [1.54, 1.807) is 0 Å². The summed E-state index contributed by atoms with van der Waals surface area (Å²) in [6.07, 6.45) is 8.10. The van der Waals surface area contributed by atoms with Gasteiger partial charge in [0.05, 0.1) is 0 Å². The van der Waals surface area contributed by atoms with Crippen LogP contribution in [0.5, 0.6) is 0 Å². The number of halogens is 1. The number of rotatable bonds is 5. The van der Waals surface area contributed by atoms with Gasteiger partial charge in [-0.05, 0) is 45.3 Å². The molecule has 1 saturated heterocycles. The summed E-state index contributed by atoms with van der Waals surface area (Å²) >= 11 is 5.61. The van der Waals surface area contributed by atoms with Crippen LogP contribution in [0.25, 0.3) is 0 Å². The van der Waals surface area contributed by atoms with Crippen molar-refractivity contribution < 1.29 is 0 Å². The number of alkyl halides is 1. The first kappa shape index (κ1) is 10.3. The first-order valence-corrected chi connectivity index (χ1v) is 5.75. The summed E-state index contributed by atoms with van der Waals surface area (Å²) in [6, 6.07) is 0. The second-order valence-electron chi connectivity index (χ2n) is 3.65. The largest absolute Gasteiger partial charge is 0.303 e. The van der Waals surface area contributed by atoms with Gasteiger partial charge in [-0.15, -0.1) is 11.6 Å². The summed E-state index contributed by atoms with van der Waals surface area (Å²) in [5.74, 6) is 0.833. The smallest absolute Gasteiger partial charge is 0.0223 e. The van der Waals surface area contributed by atoms with Crippen molar-refractivity contribution >= 4 is 11.6 Å². The van der Waals surface area contributed by atoms with E-state index in [9.17, 15) is 0 Å². The highest BCUT2D eigenvalue weighted by molar-refractivity contribution is 6.17. The number of unbranched alkanes of at least 4 members (excludes halogenated alkanes) is 2. The van der Waals surface area contributed by atoms with Crippen LogP contribution in [0.3, 0.4) is 0 Å². The van der Waals surface area contributed by atoms with E-state index in [2.05, 4.69) is 4.90 Å². The van der Waals surface area contributed by atoms with Gasteiger partial charge in [-0.2, -0.15) is 0 Å². The Hall–Kier alpha value is 0.250. The SMILES string of the molecule is ClCCCCCN1CCCCC1. The Labute approximate surface area is 81.1 Å². The zero-order valence-corrected chi connectivity index (χ0v) is 8.65. The molecule has 1 heterocycles. The van der Waals surface area contributed by atoms with Crippen LogP contribution < -0.4 is 0 Å². The number of likely N-dealkylation sites (tertiary alicyclic amines) is 1. The summed E-state index contributed by atoms with van der Waals surface area (Å²) < 4.78 is 0. The molecule has 1 fully saturated rings. The van der Waals surface area contributed by atoms with E-state index in [-0.39, 0.29) is 0 Å². The van der Waals surface area contributed by atoms with E-state index >= 15 is 0 Å². The molecule has 12 heavy (non-hydrogen) atoms. The molecule has 0 spiro atoms. The van der Waals surface area contributed by atoms with E-state index in [0.717, 1.165) is 5.88 Å². The van der Waals surface area contributed by atoms with Crippen LogP contribution >= 0.6 is 11.6 Å². The minimum Gasteiger partial charge on any atom is -0.303 e. The lowest BCUT2D eigenvalue weighted by Crippen LogP contribution is -2.30. The van der Waals surface area contributed by atoms with Crippen molar-refractivity contribution in [2.75, 3.05) is 25.5 Å². The molecule has 1 nitrogen and oxygen atoms in total. The third kappa shape index (κ3) is 4.32. The van der Waals surface area contributed by atoms with Gasteiger partial charge < -0.3 is 4.90 Å². The highest BCUT2D eigenvalue weighted by Gasteiger charge is 2.08. The normalized spacial score (nSPS) is 19.8. The molecule has 2 heteroatoms. The molecule has 0 radical (unpaired) electrons. The highest BCUT2D eigenvalue weighted by atomic mass is 35.5. The molecule has 0 bridgehead atoms. The zero-order chi connectivity index (χ0) is 8.65. The molecule has 72 valence electrons. The van der Waals surface area contributed by atoms with Gasteiger partial charge in [0.1, 0.15) is 0 Å². The fourth-order valence-corrected chi connectivity index (χ4v) is 1.98. The average molecular weight is 190 g/mol. The average Bonchev–Trinajstić information content (AvgIpc) is 2.14. The minimum absolute atomic E-state index is 0.833. The predicted molar refractivity (Wildman–Crippen MR) is 54.9 cm³/mol. The van der Waals surface area contributed by atoms with Gasteiger partial charge in [-0.1, -0.05) is 12.8 Å². The summed E-state index contributed by atoms with van der Waals surface area (Å²) in [5.41, 5.74) is 0. The Kier molecular flexibility index (Phi) is 5.80. The summed E-state index contributed by atoms with van der Waals surface area (Å²) in [7, 11) is 0. The van der Waals surface area contributed by atoms with Gasteiger partial charge in [-0.3, -0.25) is 0 Å². The number of piperidine rings is 1. The molecule has 0 amide bonds. The van der Waals surface area contributed by atoms with E-state index in [1.807, 2.05) is 0 Å². The quantitative estimate of drug-likeness (QED) is 0.475. The van der Waals surface area contributed by atoms with Crippen molar-refractivity contribution in [1.82, 2.24) is 4.90 Å². The molecule has 0 atom stereocenters. The maximum Gasteiger partial charge on any atom is 0.0223 e. The molecule has 0 aromatic rings. The maximum atomic E-state index is 5.61. The zero-order valence-electron chi connectivity index (χ0n) is 7.90.